The summed E-state index contributed by atoms with van der Waals surface area (Å²) in [6.45, 7) is 2.02. The first-order valence-corrected chi connectivity index (χ1v) is 11.6. The number of hydrogen-bond acceptors (Lipinski definition) is 7. The molecule has 0 aliphatic rings. The predicted molar refractivity (Wildman–Crippen MR) is 128 cm³/mol. The third-order valence-electron chi connectivity index (χ3n) is 4.85. The molecule has 0 radical (unpaired) electrons. The highest BCUT2D eigenvalue weighted by Gasteiger charge is 2.23. The molecule has 5 aromatic rings. The van der Waals surface area contributed by atoms with E-state index in [1.165, 1.54) is 11.8 Å². The van der Waals surface area contributed by atoms with Crippen LogP contribution in [-0.2, 0) is 0 Å². The molecule has 0 aliphatic heterocycles. The zero-order valence-corrected chi connectivity index (χ0v) is 19.6. The minimum absolute atomic E-state index is 0.132. The molecular weight excluding hydrogens is 479 g/mol. The first-order valence-electron chi connectivity index (χ1n) is 9.93. The van der Waals surface area contributed by atoms with Gasteiger partial charge in [0.05, 0.1) is 26.7 Å². The second-order valence-corrected chi connectivity index (χ2v) is 9.15. The van der Waals surface area contributed by atoms with Gasteiger partial charge >= 0.3 is 0 Å². The first kappa shape index (κ1) is 21.6. The lowest BCUT2D eigenvalue weighted by Crippen LogP contribution is -2.06. The number of thioether (sulfide) groups is 1. The Kier molecular flexibility index (Phi) is 6.08. The van der Waals surface area contributed by atoms with Crippen molar-refractivity contribution in [3.05, 3.63) is 88.9 Å². The van der Waals surface area contributed by atoms with E-state index in [9.17, 15) is 0 Å². The van der Waals surface area contributed by atoms with Gasteiger partial charge in [-0.2, -0.15) is 4.68 Å². The van der Waals surface area contributed by atoms with E-state index in [2.05, 4.69) is 30.7 Å². The number of pyridine rings is 1. The standard InChI is InChI=1S/C22H16Cl2N8S/c1-14(20-27-29-30-32(20)16-7-3-2-4-8-16)33-22-28-26-21(15-6-5-11-25-13-15)31(22)17-9-10-18(23)19(24)12-17/h2-14H,1H3. The van der Waals surface area contributed by atoms with E-state index in [1.807, 2.05) is 60.0 Å². The maximum atomic E-state index is 6.32. The van der Waals surface area contributed by atoms with Crippen molar-refractivity contribution in [3.63, 3.8) is 0 Å². The Morgan fingerprint density at radius 2 is 1.73 bits per heavy atom. The average molecular weight is 495 g/mol. The minimum Gasteiger partial charge on any atom is -0.270 e. The van der Waals surface area contributed by atoms with Crippen LogP contribution >= 0.6 is 35.0 Å². The van der Waals surface area contributed by atoms with Gasteiger partial charge in [-0.05, 0) is 59.8 Å². The van der Waals surface area contributed by atoms with Crippen LogP contribution in [0.25, 0.3) is 22.8 Å². The number of rotatable bonds is 6. The number of aromatic nitrogens is 8. The zero-order chi connectivity index (χ0) is 22.8. The van der Waals surface area contributed by atoms with Crippen LogP contribution in [0.5, 0.6) is 0 Å². The fourth-order valence-electron chi connectivity index (χ4n) is 3.30. The van der Waals surface area contributed by atoms with E-state index in [4.69, 9.17) is 23.2 Å². The van der Waals surface area contributed by atoms with Gasteiger partial charge in [0.2, 0.25) is 0 Å². The maximum absolute atomic E-state index is 6.32. The molecule has 0 N–H and O–H groups in total. The van der Waals surface area contributed by atoms with Crippen LogP contribution in [0.4, 0.5) is 0 Å². The molecule has 0 saturated heterocycles. The highest BCUT2D eigenvalue weighted by Crippen LogP contribution is 2.37. The number of para-hydroxylation sites is 1. The van der Waals surface area contributed by atoms with Crippen LogP contribution in [0.3, 0.4) is 0 Å². The van der Waals surface area contributed by atoms with E-state index in [0.717, 1.165) is 16.9 Å². The molecule has 0 aliphatic carbocycles. The molecule has 2 aromatic carbocycles. The van der Waals surface area contributed by atoms with Crippen LogP contribution in [0.2, 0.25) is 10.0 Å². The molecule has 3 heterocycles. The Morgan fingerprint density at radius 3 is 2.48 bits per heavy atom. The zero-order valence-electron chi connectivity index (χ0n) is 17.2. The van der Waals surface area contributed by atoms with Crippen molar-refractivity contribution in [2.24, 2.45) is 0 Å². The molecule has 1 unspecified atom stereocenters. The predicted octanol–water partition coefficient (Wildman–Crippen LogP) is 5.47. The second kappa shape index (κ2) is 9.30. The smallest absolute Gasteiger partial charge is 0.196 e. The topological polar surface area (TPSA) is 87.2 Å². The lowest BCUT2D eigenvalue weighted by atomic mass is 10.2. The monoisotopic (exact) mass is 494 g/mol. The van der Waals surface area contributed by atoms with E-state index in [0.29, 0.717) is 26.9 Å². The van der Waals surface area contributed by atoms with E-state index in [-0.39, 0.29) is 5.25 Å². The first-order chi connectivity index (χ1) is 16.1. The summed E-state index contributed by atoms with van der Waals surface area (Å²) in [7, 11) is 0. The largest absolute Gasteiger partial charge is 0.270 e. The Hall–Kier alpha value is -3.27. The summed E-state index contributed by atoms with van der Waals surface area (Å²) in [4.78, 5) is 4.22. The van der Waals surface area contributed by atoms with Gasteiger partial charge in [-0.25, -0.2) is 0 Å². The van der Waals surface area contributed by atoms with Crippen LogP contribution in [0, 0.1) is 0 Å². The fourth-order valence-corrected chi connectivity index (χ4v) is 4.54. The summed E-state index contributed by atoms with van der Waals surface area (Å²) in [5.41, 5.74) is 2.49. The molecule has 11 heteroatoms. The molecule has 8 nitrogen and oxygen atoms in total. The molecule has 1 atom stereocenters. The molecule has 0 amide bonds. The number of halogens is 2. The third kappa shape index (κ3) is 4.35. The van der Waals surface area contributed by atoms with Crippen LogP contribution < -0.4 is 0 Å². The van der Waals surface area contributed by atoms with Gasteiger partial charge in [-0.3, -0.25) is 9.55 Å². The van der Waals surface area contributed by atoms with Crippen molar-refractivity contribution in [1.29, 1.82) is 0 Å². The molecule has 0 fully saturated rings. The lowest BCUT2D eigenvalue weighted by Gasteiger charge is -2.14. The van der Waals surface area contributed by atoms with Crippen molar-refractivity contribution in [2.75, 3.05) is 0 Å². The SMILES string of the molecule is CC(Sc1nnc(-c2cccnc2)n1-c1ccc(Cl)c(Cl)c1)c1nnnn1-c1ccccc1. The van der Waals surface area contributed by atoms with E-state index >= 15 is 0 Å². The normalized spacial score (nSPS) is 12.1. The molecule has 0 saturated carbocycles. The number of tetrazole rings is 1. The lowest BCUT2D eigenvalue weighted by molar-refractivity contribution is 0.760. The molecular formula is C22H16Cl2N8S. The molecule has 3 aromatic heterocycles. The van der Waals surface area contributed by atoms with Crippen molar-refractivity contribution in [2.45, 2.75) is 17.3 Å². The molecule has 5 rings (SSSR count). The van der Waals surface area contributed by atoms with E-state index < -0.39 is 0 Å². The summed E-state index contributed by atoms with van der Waals surface area (Å²) >= 11 is 14.0. The second-order valence-electron chi connectivity index (χ2n) is 7.03. The van der Waals surface area contributed by atoms with Crippen LogP contribution in [0.1, 0.15) is 18.0 Å². The molecule has 33 heavy (non-hydrogen) atoms. The number of nitrogens with zero attached hydrogens (tertiary/aromatic N) is 8. The van der Waals surface area contributed by atoms with Gasteiger partial charge in [0.25, 0.3) is 0 Å². The number of benzene rings is 2. The minimum atomic E-state index is -0.132. The Bertz CT molecular complexity index is 1390. The molecule has 0 bridgehead atoms. The Morgan fingerprint density at radius 1 is 0.879 bits per heavy atom. The molecule has 0 spiro atoms. The summed E-state index contributed by atoms with van der Waals surface area (Å²) in [5.74, 6) is 1.33. The van der Waals surface area contributed by atoms with Gasteiger partial charge in [-0.1, -0.05) is 53.2 Å². The van der Waals surface area contributed by atoms with Gasteiger partial charge in [0.15, 0.2) is 16.8 Å². The third-order valence-corrected chi connectivity index (χ3v) is 6.63. The van der Waals surface area contributed by atoms with E-state index in [1.54, 1.807) is 29.2 Å². The van der Waals surface area contributed by atoms with Gasteiger partial charge in [0.1, 0.15) is 0 Å². The summed E-state index contributed by atoms with van der Waals surface area (Å²) in [6, 6.07) is 18.9. The van der Waals surface area contributed by atoms with Crippen LogP contribution in [-0.4, -0.2) is 40.0 Å². The van der Waals surface area contributed by atoms with Gasteiger partial charge in [-0.15, -0.1) is 15.3 Å². The van der Waals surface area contributed by atoms with Crippen molar-refractivity contribution < 1.29 is 0 Å². The Balaban J connectivity index is 1.56. The number of hydrogen-bond donors (Lipinski definition) is 0. The molecule has 164 valence electrons. The average Bonchev–Trinajstić information content (AvgIpc) is 3.50. The van der Waals surface area contributed by atoms with Crippen molar-refractivity contribution in [3.8, 4) is 22.8 Å². The highest BCUT2D eigenvalue weighted by atomic mass is 35.5. The Labute approximate surface area is 203 Å². The van der Waals surface area contributed by atoms with Gasteiger partial charge < -0.3 is 0 Å². The van der Waals surface area contributed by atoms with Crippen molar-refractivity contribution in [1.82, 2.24) is 40.0 Å². The summed E-state index contributed by atoms with van der Waals surface area (Å²) in [5, 5.41) is 22.7. The summed E-state index contributed by atoms with van der Waals surface area (Å²) in [6.07, 6.45) is 3.45. The maximum Gasteiger partial charge on any atom is 0.196 e. The fraction of sp³-hybridized carbons (Fsp3) is 0.0909. The summed E-state index contributed by atoms with van der Waals surface area (Å²) < 4.78 is 3.65. The van der Waals surface area contributed by atoms with Gasteiger partial charge in [0, 0.05) is 18.0 Å². The van der Waals surface area contributed by atoms with Crippen LogP contribution in [0.15, 0.2) is 78.2 Å². The highest BCUT2D eigenvalue weighted by molar-refractivity contribution is 7.99. The van der Waals surface area contributed by atoms with Crippen molar-refractivity contribution >= 4 is 35.0 Å². The quantitative estimate of drug-likeness (QED) is 0.289.